The highest BCUT2D eigenvalue weighted by atomic mass is 32.2. The molecule has 4 aromatic rings. The molecule has 0 N–H and O–H groups in total. The first-order valence-electron chi connectivity index (χ1n) is 7.59. The van der Waals surface area contributed by atoms with Crippen LogP contribution in [0.2, 0.25) is 0 Å². The van der Waals surface area contributed by atoms with E-state index in [0.717, 1.165) is 16.3 Å². The molecule has 0 spiro atoms. The number of fused-ring (bicyclic) bond motifs is 1. The van der Waals surface area contributed by atoms with Crippen LogP contribution >= 0.6 is 22.7 Å². The van der Waals surface area contributed by atoms with Crippen LogP contribution in [-0.2, 0) is 22.3 Å². The topological polar surface area (TPSA) is 30.0 Å². The third-order valence-corrected chi connectivity index (χ3v) is 6.97. The molecule has 5 heteroatoms. The third kappa shape index (κ3) is 3.34. The fraction of sp³-hybridized carbons (Fsp3) is 0.105. The van der Waals surface area contributed by atoms with Crippen LogP contribution in [0, 0.1) is 0 Å². The van der Waals surface area contributed by atoms with Crippen molar-refractivity contribution in [2.75, 3.05) is 0 Å². The molecule has 120 valence electrons. The Balaban J connectivity index is 1.50. The van der Waals surface area contributed by atoms with Crippen molar-refractivity contribution in [2.24, 2.45) is 0 Å². The highest BCUT2D eigenvalue weighted by Crippen LogP contribution is 2.28. The largest absolute Gasteiger partial charge is 0.259 e. The van der Waals surface area contributed by atoms with E-state index >= 15 is 0 Å². The molecular weight excluding hydrogens is 354 g/mol. The number of thiophene rings is 1. The number of hydrogen-bond acceptors (Lipinski definition) is 4. The summed E-state index contributed by atoms with van der Waals surface area (Å²) in [6, 6.07) is 18.5. The van der Waals surface area contributed by atoms with Gasteiger partial charge in [0, 0.05) is 21.9 Å². The van der Waals surface area contributed by atoms with E-state index in [1.165, 1.54) is 15.6 Å². The van der Waals surface area contributed by atoms with Crippen molar-refractivity contribution in [3.05, 3.63) is 76.6 Å². The van der Waals surface area contributed by atoms with Gasteiger partial charge in [-0.25, -0.2) is 4.98 Å². The number of thiazole rings is 1. The monoisotopic (exact) mass is 369 g/mol. The second-order valence-corrected chi connectivity index (χ2v) is 8.75. The predicted molar refractivity (Wildman–Crippen MR) is 105 cm³/mol. The van der Waals surface area contributed by atoms with Crippen molar-refractivity contribution in [2.45, 2.75) is 11.5 Å². The quantitative estimate of drug-likeness (QED) is 0.467. The summed E-state index contributed by atoms with van der Waals surface area (Å²) in [6.07, 6.45) is 0. The molecule has 2 heterocycles. The molecule has 0 radical (unpaired) electrons. The van der Waals surface area contributed by atoms with Crippen LogP contribution in [0.15, 0.2) is 65.4 Å². The molecule has 0 saturated carbocycles. The molecule has 0 unspecified atom stereocenters. The van der Waals surface area contributed by atoms with Crippen LogP contribution in [0.3, 0.4) is 0 Å². The average molecular weight is 370 g/mol. The zero-order valence-electron chi connectivity index (χ0n) is 12.8. The normalized spacial score (nSPS) is 12.5. The summed E-state index contributed by atoms with van der Waals surface area (Å²) < 4.78 is 12.6. The SMILES string of the molecule is O=[S@](Cc1csc(-c2cccs2)n1)Cc1cccc2ccccc12. The van der Waals surface area contributed by atoms with E-state index < -0.39 is 10.8 Å². The third-order valence-electron chi connectivity index (χ3n) is 3.79. The molecule has 4 rings (SSSR count). The predicted octanol–water partition coefficient (Wildman–Crippen LogP) is 5.47. The van der Waals surface area contributed by atoms with Crippen molar-refractivity contribution >= 4 is 44.2 Å². The van der Waals surface area contributed by atoms with E-state index in [9.17, 15) is 4.21 Å². The van der Waals surface area contributed by atoms with Gasteiger partial charge in [-0.2, -0.15) is 0 Å². The summed E-state index contributed by atoms with van der Waals surface area (Å²) in [5.74, 6) is 1.07. The summed E-state index contributed by atoms with van der Waals surface area (Å²) in [5, 5.41) is 7.47. The summed E-state index contributed by atoms with van der Waals surface area (Å²) in [5.41, 5.74) is 2.06. The molecule has 2 aromatic carbocycles. The summed E-state index contributed by atoms with van der Waals surface area (Å²) >= 11 is 3.31. The van der Waals surface area contributed by atoms with Crippen LogP contribution in [0.25, 0.3) is 20.7 Å². The zero-order chi connectivity index (χ0) is 16.4. The van der Waals surface area contributed by atoms with Gasteiger partial charge in [0.05, 0.1) is 16.3 Å². The molecule has 0 amide bonds. The number of benzene rings is 2. The van der Waals surface area contributed by atoms with Crippen LogP contribution in [0.5, 0.6) is 0 Å². The van der Waals surface area contributed by atoms with E-state index in [0.29, 0.717) is 11.5 Å². The van der Waals surface area contributed by atoms with E-state index in [2.05, 4.69) is 40.7 Å². The Morgan fingerprint density at radius 3 is 2.67 bits per heavy atom. The molecule has 2 aromatic heterocycles. The Hall–Kier alpha value is -1.82. The molecule has 0 aliphatic carbocycles. The number of rotatable bonds is 5. The molecule has 0 saturated heterocycles. The Kier molecular flexibility index (Phi) is 4.56. The Morgan fingerprint density at radius 2 is 1.79 bits per heavy atom. The van der Waals surface area contributed by atoms with E-state index in [1.807, 2.05) is 29.6 Å². The summed E-state index contributed by atoms with van der Waals surface area (Å²) in [7, 11) is -0.964. The molecule has 0 bridgehead atoms. The Morgan fingerprint density at radius 1 is 0.917 bits per heavy atom. The van der Waals surface area contributed by atoms with Gasteiger partial charge in [0.25, 0.3) is 0 Å². The first-order valence-corrected chi connectivity index (χ1v) is 10.8. The number of aromatic nitrogens is 1. The standard InChI is InChI=1S/C19H15NOS3/c21-24(12-15-7-3-6-14-5-1-2-8-17(14)15)13-16-11-23-19(20-16)18-9-4-10-22-18/h1-11H,12-13H2/t24-/m0/s1. The van der Waals surface area contributed by atoms with E-state index in [4.69, 9.17) is 0 Å². The van der Waals surface area contributed by atoms with Crippen LogP contribution in [0.4, 0.5) is 0 Å². The van der Waals surface area contributed by atoms with E-state index in [1.54, 1.807) is 22.7 Å². The lowest BCUT2D eigenvalue weighted by Crippen LogP contribution is -2.00. The molecule has 1 atom stereocenters. The van der Waals surface area contributed by atoms with Gasteiger partial charge in [-0.15, -0.1) is 22.7 Å². The molecule has 24 heavy (non-hydrogen) atoms. The fourth-order valence-corrected chi connectivity index (χ4v) is 5.61. The minimum Gasteiger partial charge on any atom is -0.259 e. The second kappa shape index (κ2) is 6.97. The van der Waals surface area contributed by atoms with Crippen LogP contribution in [-0.4, -0.2) is 9.19 Å². The highest BCUT2D eigenvalue weighted by Gasteiger charge is 2.10. The lowest BCUT2D eigenvalue weighted by Gasteiger charge is -2.06. The maximum Gasteiger partial charge on any atom is 0.133 e. The number of hydrogen-bond donors (Lipinski definition) is 0. The van der Waals surface area contributed by atoms with Gasteiger partial charge in [-0.05, 0) is 27.8 Å². The van der Waals surface area contributed by atoms with Gasteiger partial charge in [0.1, 0.15) is 5.01 Å². The smallest absolute Gasteiger partial charge is 0.133 e. The molecule has 2 nitrogen and oxygen atoms in total. The van der Waals surface area contributed by atoms with Gasteiger partial charge in [0.2, 0.25) is 0 Å². The Bertz CT molecular complexity index is 983. The van der Waals surface area contributed by atoms with Crippen molar-refractivity contribution in [1.82, 2.24) is 4.98 Å². The van der Waals surface area contributed by atoms with Crippen molar-refractivity contribution in [3.63, 3.8) is 0 Å². The van der Waals surface area contributed by atoms with Gasteiger partial charge in [-0.3, -0.25) is 4.21 Å². The van der Waals surface area contributed by atoms with E-state index in [-0.39, 0.29) is 0 Å². The second-order valence-electron chi connectivity index (χ2n) is 5.49. The maximum absolute atomic E-state index is 12.6. The molecule has 0 fully saturated rings. The van der Waals surface area contributed by atoms with Crippen LogP contribution in [0.1, 0.15) is 11.3 Å². The minimum absolute atomic E-state index is 0.505. The van der Waals surface area contributed by atoms with Crippen molar-refractivity contribution < 1.29 is 4.21 Å². The fourth-order valence-electron chi connectivity index (χ4n) is 2.69. The number of nitrogens with zero attached hydrogens (tertiary/aromatic N) is 1. The van der Waals surface area contributed by atoms with Gasteiger partial charge in [0.15, 0.2) is 0 Å². The van der Waals surface area contributed by atoms with Gasteiger partial charge < -0.3 is 0 Å². The summed E-state index contributed by atoms with van der Waals surface area (Å²) in [4.78, 5) is 5.80. The zero-order valence-corrected chi connectivity index (χ0v) is 15.3. The lowest BCUT2D eigenvalue weighted by molar-refractivity contribution is 0.682. The van der Waals surface area contributed by atoms with Gasteiger partial charge in [-0.1, -0.05) is 48.5 Å². The Labute approximate surface area is 151 Å². The van der Waals surface area contributed by atoms with Crippen LogP contribution < -0.4 is 0 Å². The first kappa shape index (κ1) is 15.7. The van der Waals surface area contributed by atoms with Crippen molar-refractivity contribution in [1.29, 1.82) is 0 Å². The highest BCUT2D eigenvalue weighted by molar-refractivity contribution is 7.83. The first-order chi connectivity index (χ1) is 11.8. The summed E-state index contributed by atoms with van der Waals surface area (Å²) in [6.45, 7) is 0. The van der Waals surface area contributed by atoms with Crippen molar-refractivity contribution in [3.8, 4) is 9.88 Å². The average Bonchev–Trinajstić information content (AvgIpc) is 3.26. The lowest BCUT2D eigenvalue weighted by atomic mass is 10.1. The molecule has 0 aliphatic rings. The maximum atomic E-state index is 12.6. The molecular formula is C19H15NOS3. The van der Waals surface area contributed by atoms with Gasteiger partial charge >= 0.3 is 0 Å². The minimum atomic E-state index is -0.964. The molecule has 0 aliphatic heterocycles.